The maximum absolute atomic E-state index is 5.38. The molecule has 0 aliphatic carbocycles. The van der Waals surface area contributed by atoms with Crippen LogP contribution in [0.5, 0.6) is 0 Å². The smallest absolute Gasteiger partial charge is 0.193 e. The van der Waals surface area contributed by atoms with E-state index in [-0.39, 0.29) is 0 Å². The third-order valence-electron chi connectivity index (χ3n) is 4.35. The van der Waals surface area contributed by atoms with Crippen LogP contribution in [0.4, 0.5) is 0 Å². The van der Waals surface area contributed by atoms with Crippen molar-refractivity contribution in [2.75, 3.05) is 26.2 Å². The Bertz CT molecular complexity index is 427. The van der Waals surface area contributed by atoms with E-state index in [9.17, 15) is 0 Å². The van der Waals surface area contributed by atoms with Crippen molar-refractivity contribution in [1.29, 1.82) is 0 Å². The Morgan fingerprint density at radius 1 is 1.43 bits per heavy atom. The normalized spacial score (nSPS) is 23.4. The first-order valence-corrected chi connectivity index (χ1v) is 8.26. The molecule has 1 saturated heterocycles. The van der Waals surface area contributed by atoms with Crippen molar-refractivity contribution in [1.82, 2.24) is 10.2 Å². The van der Waals surface area contributed by atoms with Crippen LogP contribution in [0.25, 0.3) is 0 Å². The number of piperidine rings is 1. The number of guanidine groups is 1. The molecule has 2 unspecified atom stereocenters. The molecule has 0 bridgehead atoms. The lowest BCUT2D eigenvalue weighted by Gasteiger charge is -2.37. The minimum atomic E-state index is 0.734. The molecule has 0 aromatic carbocycles. The zero-order chi connectivity index (χ0) is 15.1. The van der Waals surface area contributed by atoms with Crippen molar-refractivity contribution in [3.8, 4) is 0 Å². The van der Waals surface area contributed by atoms with Gasteiger partial charge in [-0.3, -0.25) is 4.99 Å². The Morgan fingerprint density at radius 3 is 2.95 bits per heavy atom. The summed E-state index contributed by atoms with van der Waals surface area (Å²) in [4.78, 5) is 7.16. The highest BCUT2D eigenvalue weighted by Gasteiger charge is 2.24. The van der Waals surface area contributed by atoms with Crippen molar-refractivity contribution in [3.63, 3.8) is 0 Å². The van der Waals surface area contributed by atoms with E-state index in [4.69, 9.17) is 9.41 Å². The number of likely N-dealkylation sites (tertiary alicyclic amines) is 1. The second-order valence-electron chi connectivity index (χ2n) is 6.15. The molecule has 2 rings (SSSR count). The topological polar surface area (TPSA) is 40.8 Å². The second-order valence-corrected chi connectivity index (χ2v) is 6.15. The van der Waals surface area contributed by atoms with Gasteiger partial charge in [0.1, 0.15) is 5.76 Å². The van der Waals surface area contributed by atoms with E-state index in [1.165, 1.54) is 6.42 Å². The molecule has 0 saturated carbocycles. The molecule has 4 heteroatoms. The van der Waals surface area contributed by atoms with Gasteiger partial charge in [-0.1, -0.05) is 20.8 Å². The Morgan fingerprint density at radius 2 is 2.29 bits per heavy atom. The van der Waals surface area contributed by atoms with Gasteiger partial charge in [-0.2, -0.15) is 0 Å². The van der Waals surface area contributed by atoms with Crippen molar-refractivity contribution in [2.24, 2.45) is 16.8 Å². The number of nitrogens with one attached hydrogen (secondary N) is 1. The minimum Gasteiger partial charge on any atom is -0.469 e. The summed E-state index contributed by atoms with van der Waals surface area (Å²) in [7, 11) is 0. The highest BCUT2D eigenvalue weighted by atomic mass is 16.3. The van der Waals surface area contributed by atoms with Crippen LogP contribution in [-0.2, 0) is 6.42 Å². The maximum Gasteiger partial charge on any atom is 0.193 e. The monoisotopic (exact) mass is 291 g/mol. The molecule has 0 spiro atoms. The van der Waals surface area contributed by atoms with Crippen LogP contribution in [0.15, 0.2) is 27.8 Å². The van der Waals surface area contributed by atoms with E-state index in [2.05, 4.69) is 31.0 Å². The summed E-state index contributed by atoms with van der Waals surface area (Å²) in [6.07, 6.45) is 4.97. The summed E-state index contributed by atoms with van der Waals surface area (Å²) in [6, 6.07) is 3.96. The number of nitrogens with zero attached hydrogens (tertiary/aromatic N) is 2. The van der Waals surface area contributed by atoms with Gasteiger partial charge in [-0.25, -0.2) is 0 Å². The van der Waals surface area contributed by atoms with E-state index in [1.54, 1.807) is 6.26 Å². The third-order valence-corrected chi connectivity index (χ3v) is 4.35. The van der Waals surface area contributed by atoms with Gasteiger partial charge in [0, 0.05) is 32.6 Å². The molecule has 1 aliphatic heterocycles. The number of hydrogen-bond donors (Lipinski definition) is 1. The van der Waals surface area contributed by atoms with Crippen molar-refractivity contribution >= 4 is 5.96 Å². The number of hydrogen-bond acceptors (Lipinski definition) is 2. The largest absolute Gasteiger partial charge is 0.469 e. The van der Waals surface area contributed by atoms with Crippen LogP contribution in [0.3, 0.4) is 0 Å². The summed E-state index contributed by atoms with van der Waals surface area (Å²) in [5.41, 5.74) is 0. The van der Waals surface area contributed by atoms with Crippen LogP contribution in [-0.4, -0.2) is 37.0 Å². The van der Waals surface area contributed by atoms with Crippen molar-refractivity contribution in [2.45, 2.75) is 40.0 Å². The highest BCUT2D eigenvalue weighted by molar-refractivity contribution is 5.80. The van der Waals surface area contributed by atoms with Crippen molar-refractivity contribution < 1.29 is 4.42 Å². The first-order chi connectivity index (χ1) is 10.2. The summed E-state index contributed by atoms with van der Waals surface area (Å²) in [5.74, 6) is 3.65. The standard InChI is InChI=1S/C17H29N3O/c1-4-9-18-17(19-10-7-16-6-5-12-21-16)20-11-8-14(2)15(3)13-20/h5-6,12,14-15H,4,7-11,13H2,1-3H3,(H,18,19). The second kappa shape index (κ2) is 8.11. The summed E-state index contributed by atoms with van der Waals surface area (Å²) in [5, 5.41) is 3.51. The predicted molar refractivity (Wildman–Crippen MR) is 87.5 cm³/mol. The van der Waals surface area contributed by atoms with E-state index in [0.29, 0.717) is 0 Å². The molecule has 0 amide bonds. The molecule has 2 heterocycles. The molecule has 21 heavy (non-hydrogen) atoms. The molecule has 1 fully saturated rings. The number of furan rings is 1. The molecule has 118 valence electrons. The molecular weight excluding hydrogens is 262 g/mol. The molecule has 4 nitrogen and oxygen atoms in total. The predicted octanol–water partition coefficient (Wildman–Crippen LogP) is 3.16. The average Bonchev–Trinajstić information content (AvgIpc) is 2.99. The van der Waals surface area contributed by atoms with Gasteiger partial charge in [0.2, 0.25) is 0 Å². The van der Waals surface area contributed by atoms with E-state index in [1.807, 2.05) is 12.1 Å². The molecule has 1 aliphatic rings. The van der Waals surface area contributed by atoms with E-state index < -0.39 is 0 Å². The lowest BCUT2D eigenvalue weighted by atomic mass is 9.89. The fourth-order valence-electron chi connectivity index (χ4n) is 2.69. The van der Waals surface area contributed by atoms with E-state index in [0.717, 1.165) is 62.6 Å². The number of aliphatic imine (C=N–C) groups is 1. The Balaban J connectivity index is 1.88. The van der Waals surface area contributed by atoms with Gasteiger partial charge in [-0.15, -0.1) is 0 Å². The molecule has 1 aromatic rings. The van der Waals surface area contributed by atoms with Crippen LogP contribution in [0, 0.1) is 11.8 Å². The van der Waals surface area contributed by atoms with Crippen LogP contribution < -0.4 is 5.32 Å². The average molecular weight is 291 g/mol. The Hall–Kier alpha value is -1.45. The molecular formula is C17H29N3O. The van der Waals surface area contributed by atoms with Crippen LogP contribution in [0.2, 0.25) is 0 Å². The Kier molecular flexibility index (Phi) is 6.15. The fraction of sp³-hybridized carbons (Fsp3) is 0.706. The molecule has 2 atom stereocenters. The zero-order valence-corrected chi connectivity index (χ0v) is 13.6. The Labute approximate surface area is 128 Å². The van der Waals surface area contributed by atoms with Gasteiger partial charge >= 0.3 is 0 Å². The zero-order valence-electron chi connectivity index (χ0n) is 13.6. The first kappa shape index (κ1) is 15.9. The lowest BCUT2D eigenvalue weighted by molar-refractivity contribution is 0.199. The van der Waals surface area contributed by atoms with Crippen LogP contribution in [0.1, 0.15) is 39.4 Å². The van der Waals surface area contributed by atoms with Gasteiger partial charge < -0.3 is 14.6 Å². The first-order valence-electron chi connectivity index (χ1n) is 8.26. The van der Waals surface area contributed by atoms with Gasteiger partial charge in [0.05, 0.1) is 6.26 Å². The van der Waals surface area contributed by atoms with Crippen LogP contribution >= 0.6 is 0 Å². The van der Waals surface area contributed by atoms with Gasteiger partial charge in [0.15, 0.2) is 5.96 Å². The summed E-state index contributed by atoms with van der Waals surface area (Å²) >= 11 is 0. The van der Waals surface area contributed by atoms with Gasteiger partial charge in [-0.05, 0) is 36.8 Å². The maximum atomic E-state index is 5.38. The molecule has 1 N–H and O–H groups in total. The van der Waals surface area contributed by atoms with Gasteiger partial charge in [0.25, 0.3) is 0 Å². The fourth-order valence-corrected chi connectivity index (χ4v) is 2.69. The SMILES string of the molecule is CCCN=C(NCCc1ccco1)N1CCC(C)C(C)C1. The minimum absolute atomic E-state index is 0.734. The highest BCUT2D eigenvalue weighted by Crippen LogP contribution is 2.22. The summed E-state index contributed by atoms with van der Waals surface area (Å²) in [6.45, 7) is 10.9. The summed E-state index contributed by atoms with van der Waals surface area (Å²) < 4.78 is 5.38. The molecule has 0 radical (unpaired) electrons. The van der Waals surface area contributed by atoms with E-state index >= 15 is 0 Å². The molecule has 1 aromatic heterocycles. The quantitative estimate of drug-likeness (QED) is 0.669. The van der Waals surface area contributed by atoms with Crippen molar-refractivity contribution in [3.05, 3.63) is 24.2 Å². The third kappa shape index (κ3) is 4.80. The lowest BCUT2D eigenvalue weighted by Crippen LogP contribution is -2.48. The number of rotatable bonds is 5.